The number of nitrogen functional groups attached to an aromatic ring is 1. The van der Waals surface area contributed by atoms with Crippen LogP contribution < -0.4 is 10.2 Å². The standard InChI is InChI=1S/C13H23NOSi/c1-13(2,3)11-9-10(14)7-8-12(11)15-16(4,5)6/h7-9H,14H2,1-6H3. The molecule has 1 aromatic carbocycles. The summed E-state index contributed by atoms with van der Waals surface area (Å²) in [5.74, 6) is 0.987. The molecule has 2 nitrogen and oxygen atoms in total. The van der Waals surface area contributed by atoms with Gasteiger partial charge in [-0.2, -0.15) is 0 Å². The highest BCUT2D eigenvalue weighted by Gasteiger charge is 2.23. The molecule has 0 unspecified atom stereocenters. The topological polar surface area (TPSA) is 35.2 Å². The van der Waals surface area contributed by atoms with E-state index in [0.717, 1.165) is 11.4 Å². The van der Waals surface area contributed by atoms with E-state index < -0.39 is 8.32 Å². The molecule has 3 heteroatoms. The molecule has 0 amide bonds. The zero-order valence-corrected chi connectivity index (χ0v) is 12.2. The fraction of sp³-hybridized carbons (Fsp3) is 0.538. The van der Waals surface area contributed by atoms with Crippen LogP contribution in [0.5, 0.6) is 5.75 Å². The van der Waals surface area contributed by atoms with Gasteiger partial charge in [0.2, 0.25) is 8.32 Å². The van der Waals surface area contributed by atoms with Gasteiger partial charge in [0.15, 0.2) is 0 Å². The molecule has 1 aromatic rings. The lowest BCUT2D eigenvalue weighted by Gasteiger charge is -2.27. The van der Waals surface area contributed by atoms with Crippen LogP contribution >= 0.6 is 0 Å². The first kappa shape index (κ1) is 13.1. The van der Waals surface area contributed by atoms with Crippen LogP contribution in [0.2, 0.25) is 19.6 Å². The van der Waals surface area contributed by atoms with E-state index in [1.54, 1.807) is 0 Å². The zero-order valence-electron chi connectivity index (χ0n) is 11.2. The highest BCUT2D eigenvalue weighted by Crippen LogP contribution is 2.34. The molecule has 1 rings (SSSR count). The van der Waals surface area contributed by atoms with Crippen molar-refractivity contribution in [2.45, 2.75) is 45.8 Å². The third-order valence-electron chi connectivity index (χ3n) is 2.23. The second kappa shape index (κ2) is 4.13. The lowest BCUT2D eigenvalue weighted by Crippen LogP contribution is -2.30. The maximum Gasteiger partial charge on any atom is 0.242 e. The van der Waals surface area contributed by atoms with Gasteiger partial charge in [0.1, 0.15) is 5.75 Å². The summed E-state index contributed by atoms with van der Waals surface area (Å²) in [6, 6.07) is 5.92. The Kier molecular flexibility index (Phi) is 3.38. The molecule has 0 saturated heterocycles. The number of hydrogen-bond donors (Lipinski definition) is 1. The second-order valence-electron chi connectivity index (χ2n) is 6.22. The van der Waals surface area contributed by atoms with Crippen molar-refractivity contribution in [2.75, 3.05) is 5.73 Å². The monoisotopic (exact) mass is 237 g/mol. The molecule has 0 aromatic heterocycles. The molecule has 0 atom stereocenters. The van der Waals surface area contributed by atoms with Crippen molar-refractivity contribution in [2.24, 2.45) is 0 Å². The van der Waals surface area contributed by atoms with E-state index >= 15 is 0 Å². The number of nitrogens with two attached hydrogens (primary N) is 1. The molecule has 0 heterocycles. The highest BCUT2D eigenvalue weighted by molar-refractivity contribution is 6.70. The quantitative estimate of drug-likeness (QED) is 0.627. The summed E-state index contributed by atoms with van der Waals surface area (Å²) in [5.41, 5.74) is 7.89. The molecule has 0 aliphatic carbocycles. The van der Waals surface area contributed by atoms with Crippen LogP contribution in [0.3, 0.4) is 0 Å². The van der Waals surface area contributed by atoms with E-state index in [1.807, 2.05) is 18.2 Å². The van der Waals surface area contributed by atoms with Crippen LogP contribution in [-0.2, 0) is 5.41 Å². The van der Waals surface area contributed by atoms with Crippen LogP contribution in [0.4, 0.5) is 5.69 Å². The first-order valence-electron chi connectivity index (χ1n) is 5.68. The predicted molar refractivity (Wildman–Crippen MR) is 73.5 cm³/mol. The summed E-state index contributed by atoms with van der Waals surface area (Å²) < 4.78 is 6.10. The molecule has 2 N–H and O–H groups in total. The molecular weight excluding hydrogens is 214 g/mol. The van der Waals surface area contributed by atoms with Gasteiger partial charge < -0.3 is 10.2 Å². The minimum absolute atomic E-state index is 0.0599. The van der Waals surface area contributed by atoms with Gasteiger partial charge >= 0.3 is 0 Å². The predicted octanol–water partition coefficient (Wildman–Crippen LogP) is 3.78. The Labute approximate surface area is 99.9 Å². The van der Waals surface area contributed by atoms with Crippen molar-refractivity contribution >= 4 is 14.0 Å². The Morgan fingerprint density at radius 1 is 1.12 bits per heavy atom. The van der Waals surface area contributed by atoms with E-state index in [0.29, 0.717) is 0 Å². The van der Waals surface area contributed by atoms with Crippen LogP contribution in [0.15, 0.2) is 18.2 Å². The minimum Gasteiger partial charge on any atom is -0.544 e. The summed E-state index contributed by atoms with van der Waals surface area (Å²) in [6.45, 7) is 13.1. The Morgan fingerprint density at radius 3 is 2.12 bits per heavy atom. The van der Waals surface area contributed by atoms with Crippen LogP contribution in [0, 0.1) is 0 Å². The normalized spacial score (nSPS) is 12.6. The van der Waals surface area contributed by atoms with E-state index in [-0.39, 0.29) is 5.41 Å². The van der Waals surface area contributed by atoms with Crippen molar-refractivity contribution < 1.29 is 4.43 Å². The largest absolute Gasteiger partial charge is 0.544 e. The minimum atomic E-state index is -1.57. The fourth-order valence-electron chi connectivity index (χ4n) is 1.55. The third-order valence-corrected chi connectivity index (χ3v) is 3.06. The van der Waals surface area contributed by atoms with E-state index in [1.165, 1.54) is 5.56 Å². The summed E-state index contributed by atoms with van der Waals surface area (Å²) in [4.78, 5) is 0. The van der Waals surface area contributed by atoms with Gasteiger partial charge in [-0.1, -0.05) is 20.8 Å². The lowest BCUT2D eigenvalue weighted by molar-refractivity contribution is 0.508. The Morgan fingerprint density at radius 2 is 1.69 bits per heavy atom. The number of anilines is 1. The van der Waals surface area contributed by atoms with Gasteiger partial charge in [0, 0.05) is 11.3 Å². The third kappa shape index (κ3) is 3.56. The lowest BCUT2D eigenvalue weighted by atomic mass is 9.86. The molecule has 0 saturated carbocycles. The van der Waals surface area contributed by atoms with Crippen LogP contribution in [-0.4, -0.2) is 8.32 Å². The van der Waals surface area contributed by atoms with E-state index in [9.17, 15) is 0 Å². The van der Waals surface area contributed by atoms with Crippen molar-refractivity contribution in [1.82, 2.24) is 0 Å². The van der Waals surface area contributed by atoms with Crippen molar-refractivity contribution in [3.05, 3.63) is 23.8 Å². The van der Waals surface area contributed by atoms with Gasteiger partial charge in [-0.05, 0) is 43.3 Å². The fourth-order valence-corrected chi connectivity index (χ4v) is 2.39. The molecule has 90 valence electrons. The SMILES string of the molecule is CC(C)(C)c1cc(N)ccc1O[Si](C)(C)C. The van der Waals surface area contributed by atoms with Crippen molar-refractivity contribution in [1.29, 1.82) is 0 Å². The maximum atomic E-state index is 6.10. The number of hydrogen-bond acceptors (Lipinski definition) is 2. The van der Waals surface area contributed by atoms with E-state index in [2.05, 4.69) is 40.4 Å². The summed E-state index contributed by atoms with van der Waals surface area (Å²) >= 11 is 0. The molecule has 0 spiro atoms. The van der Waals surface area contributed by atoms with Crippen LogP contribution in [0.25, 0.3) is 0 Å². The van der Waals surface area contributed by atoms with Gasteiger partial charge in [0.25, 0.3) is 0 Å². The Balaban J connectivity index is 3.19. The molecule has 0 bridgehead atoms. The molecule has 0 aliphatic heterocycles. The summed E-state index contributed by atoms with van der Waals surface area (Å²) in [5, 5.41) is 0. The Hall–Kier alpha value is -0.963. The second-order valence-corrected chi connectivity index (χ2v) is 10.6. The highest BCUT2D eigenvalue weighted by atomic mass is 28.4. The maximum absolute atomic E-state index is 6.10. The number of benzene rings is 1. The Bertz CT molecular complexity index is 374. The van der Waals surface area contributed by atoms with Gasteiger partial charge in [0.05, 0.1) is 0 Å². The molecular formula is C13H23NOSi. The summed E-state index contributed by atoms with van der Waals surface area (Å²) in [6.07, 6.45) is 0. The molecule has 0 aliphatic rings. The molecule has 0 fully saturated rings. The van der Waals surface area contributed by atoms with Gasteiger partial charge in [-0.3, -0.25) is 0 Å². The summed E-state index contributed by atoms with van der Waals surface area (Å²) in [7, 11) is -1.57. The van der Waals surface area contributed by atoms with E-state index in [4.69, 9.17) is 10.2 Å². The number of rotatable bonds is 2. The van der Waals surface area contributed by atoms with Crippen molar-refractivity contribution in [3.8, 4) is 5.75 Å². The van der Waals surface area contributed by atoms with Crippen LogP contribution in [0.1, 0.15) is 26.3 Å². The molecule has 0 radical (unpaired) electrons. The average molecular weight is 237 g/mol. The van der Waals surface area contributed by atoms with Crippen molar-refractivity contribution in [3.63, 3.8) is 0 Å². The first-order chi connectivity index (χ1) is 7.09. The average Bonchev–Trinajstić information content (AvgIpc) is 2.04. The smallest absolute Gasteiger partial charge is 0.242 e. The van der Waals surface area contributed by atoms with Gasteiger partial charge in [-0.25, -0.2) is 0 Å². The first-order valence-corrected chi connectivity index (χ1v) is 9.09. The molecule has 16 heavy (non-hydrogen) atoms. The van der Waals surface area contributed by atoms with Gasteiger partial charge in [-0.15, -0.1) is 0 Å². The zero-order chi connectivity index (χ0) is 12.6.